The predicted molar refractivity (Wildman–Crippen MR) is 101 cm³/mol. The second kappa shape index (κ2) is 8.50. The Bertz CT molecular complexity index is 584. The lowest BCUT2D eigenvalue weighted by molar-refractivity contribution is -0.119. The molecule has 1 aliphatic carbocycles. The normalized spacial score (nSPS) is 20.8. The van der Waals surface area contributed by atoms with E-state index in [-0.39, 0.29) is 17.9 Å². The lowest BCUT2D eigenvalue weighted by atomic mass is 9.69. The number of nitrogens with one attached hydrogen (secondary N) is 2. The van der Waals surface area contributed by atoms with E-state index in [0.717, 1.165) is 24.3 Å². The molecule has 138 valence electrons. The minimum absolute atomic E-state index is 0.00396. The molecule has 0 unspecified atom stereocenters. The summed E-state index contributed by atoms with van der Waals surface area (Å²) in [6, 6.07) is 7.74. The van der Waals surface area contributed by atoms with Crippen LogP contribution in [0.5, 0.6) is 0 Å². The molecule has 0 aliphatic heterocycles. The molecule has 0 atom stereocenters. The average molecular weight is 344 g/mol. The Hall–Kier alpha value is -1.84. The van der Waals surface area contributed by atoms with Crippen LogP contribution in [0.25, 0.3) is 0 Å². The van der Waals surface area contributed by atoms with Gasteiger partial charge in [0.05, 0.1) is 0 Å². The molecule has 1 aromatic carbocycles. The number of carbonyl (C=O) groups is 2. The lowest BCUT2D eigenvalue weighted by Crippen LogP contribution is -2.39. The van der Waals surface area contributed by atoms with Gasteiger partial charge in [-0.2, -0.15) is 0 Å². The van der Waals surface area contributed by atoms with E-state index in [2.05, 4.69) is 31.4 Å². The van der Waals surface area contributed by atoms with Crippen molar-refractivity contribution in [2.45, 2.75) is 72.4 Å². The first-order valence-corrected chi connectivity index (χ1v) is 9.46. The van der Waals surface area contributed by atoms with Crippen LogP contribution >= 0.6 is 0 Å². The molecule has 0 heterocycles. The molecule has 4 nitrogen and oxygen atoms in total. The van der Waals surface area contributed by atoms with Crippen molar-refractivity contribution in [3.8, 4) is 0 Å². The molecule has 2 N–H and O–H groups in total. The summed E-state index contributed by atoms with van der Waals surface area (Å²) in [4.78, 5) is 23.4. The summed E-state index contributed by atoms with van der Waals surface area (Å²) < 4.78 is 0. The van der Waals surface area contributed by atoms with Crippen LogP contribution in [-0.4, -0.2) is 17.9 Å². The second-order valence-electron chi connectivity index (χ2n) is 7.97. The van der Waals surface area contributed by atoms with Crippen LogP contribution in [0.4, 0.5) is 0 Å². The van der Waals surface area contributed by atoms with Gasteiger partial charge in [-0.05, 0) is 54.7 Å². The fourth-order valence-electron chi connectivity index (χ4n) is 3.58. The summed E-state index contributed by atoms with van der Waals surface area (Å²) in [5.74, 6) is 0.715. The van der Waals surface area contributed by atoms with Crippen molar-refractivity contribution in [3.05, 3.63) is 35.4 Å². The van der Waals surface area contributed by atoms with Crippen molar-refractivity contribution in [2.75, 3.05) is 0 Å². The number of hydrogen-bond donors (Lipinski definition) is 2. The summed E-state index contributed by atoms with van der Waals surface area (Å²) in [5.41, 5.74) is 2.08. The minimum atomic E-state index is -0.0522. The molecule has 2 rings (SSSR count). The van der Waals surface area contributed by atoms with Gasteiger partial charge in [-0.3, -0.25) is 9.59 Å². The highest BCUT2D eigenvalue weighted by Gasteiger charge is 2.32. The van der Waals surface area contributed by atoms with E-state index in [1.807, 2.05) is 24.3 Å². The summed E-state index contributed by atoms with van der Waals surface area (Å²) in [6.07, 6.45) is 5.74. The number of amides is 2. The third-order valence-corrected chi connectivity index (χ3v) is 5.84. The number of hydrogen-bond acceptors (Lipinski definition) is 2. The van der Waals surface area contributed by atoms with Crippen molar-refractivity contribution in [1.29, 1.82) is 0 Å². The molecular formula is C21H32N2O2. The summed E-state index contributed by atoms with van der Waals surface area (Å²) in [6.45, 7) is 8.98. The molecule has 1 fully saturated rings. The number of benzene rings is 1. The van der Waals surface area contributed by atoms with E-state index >= 15 is 0 Å². The fourth-order valence-corrected chi connectivity index (χ4v) is 3.58. The molecule has 0 aromatic heterocycles. The molecular weight excluding hydrogens is 312 g/mol. The zero-order valence-electron chi connectivity index (χ0n) is 16.0. The first kappa shape index (κ1) is 19.5. The Balaban J connectivity index is 1.83. The average Bonchev–Trinajstić information content (AvgIpc) is 2.60. The molecule has 0 radical (unpaired) electrons. The predicted octanol–water partition coefficient (Wildman–Crippen LogP) is 4.05. The Morgan fingerprint density at radius 1 is 1.08 bits per heavy atom. The zero-order chi connectivity index (χ0) is 18.4. The molecule has 0 spiro atoms. The maximum atomic E-state index is 12.4. The van der Waals surface area contributed by atoms with E-state index in [0.29, 0.717) is 17.5 Å². The topological polar surface area (TPSA) is 58.2 Å². The van der Waals surface area contributed by atoms with Gasteiger partial charge in [-0.15, -0.1) is 0 Å². The Kier molecular flexibility index (Phi) is 6.63. The van der Waals surface area contributed by atoms with Crippen LogP contribution in [-0.2, 0) is 11.3 Å². The molecule has 1 saturated carbocycles. The van der Waals surface area contributed by atoms with E-state index in [1.54, 1.807) is 0 Å². The van der Waals surface area contributed by atoms with E-state index < -0.39 is 0 Å². The second-order valence-corrected chi connectivity index (χ2v) is 7.97. The van der Waals surface area contributed by atoms with Crippen LogP contribution in [0.1, 0.15) is 75.7 Å². The van der Waals surface area contributed by atoms with Crippen LogP contribution in [0.3, 0.4) is 0 Å². The van der Waals surface area contributed by atoms with E-state index in [1.165, 1.54) is 26.2 Å². The Morgan fingerprint density at radius 3 is 2.20 bits per heavy atom. The summed E-state index contributed by atoms with van der Waals surface area (Å²) >= 11 is 0. The van der Waals surface area contributed by atoms with Gasteiger partial charge in [0.2, 0.25) is 5.91 Å². The lowest BCUT2D eigenvalue weighted by Gasteiger charge is -2.39. The maximum absolute atomic E-state index is 12.4. The van der Waals surface area contributed by atoms with Crippen molar-refractivity contribution in [1.82, 2.24) is 10.6 Å². The minimum Gasteiger partial charge on any atom is -0.352 e. The summed E-state index contributed by atoms with van der Waals surface area (Å²) in [7, 11) is 0. The molecule has 2 amide bonds. The summed E-state index contributed by atoms with van der Waals surface area (Å²) in [5, 5.41) is 5.94. The zero-order valence-corrected chi connectivity index (χ0v) is 16.0. The van der Waals surface area contributed by atoms with Crippen LogP contribution in [0.2, 0.25) is 0 Å². The highest BCUT2D eigenvalue weighted by atomic mass is 16.2. The molecule has 1 aromatic rings. The molecule has 4 heteroatoms. The van der Waals surface area contributed by atoms with Gasteiger partial charge in [0.1, 0.15) is 0 Å². The van der Waals surface area contributed by atoms with Gasteiger partial charge in [0.25, 0.3) is 5.91 Å². The third kappa shape index (κ3) is 5.58. The molecule has 1 aliphatic rings. The van der Waals surface area contributed by atoms with Crippen molar-refractivity contribution < 1.29 is 9.59 Å². The smallest absolute Gasteiger partial charge is 0.251 e. The SMILES string of the molecule is CCC(C)(C)C1CCC(NC(=O)c2ccc(CNC(C)=O)cc2)CC1. The van der Waals surface area contributed by atoms with Gasteiger partial charge >= 0.3 is 0 Å². The van der Waals surface area contributed by atoms with Gasteiger partial charge in [-0.25, -0.2) is 0 Å². The Morgan fingerprint density at radius 2 is 1.68 bits per heavy atom. The molecule has 25 heavy (non-hydrogen) atoms. The monoisotopic (exact) mass is 344 g/mol. The van der Waals surface area contributed by atoms with Gasteiger partial charge in [0, 0.05) is 25.1 Å². The maximum Gasteiger partial charge on any atom is 0.251 e. The van der Waals surface area contributed by atoms with Gasteiger partial charge < -0.3 is 10.6 Å². The van der Waals surface area contributed by atoms with Crippen molar-refractivity contribution in [2.24, 2.45) is 11.3 Å². The van der Waals surface area contributed by atoms with Gasteiger partial charge in [-0.1, -0.05) is 39.3 Å². The first-order chi connectivity index (χ1) is 11.8. The Labute approximate surface area is 151 Å². The quantitative estimate of drug-likeness (QED) is 0.818. The van der Waals surface area contributed by atoms with E-state index in [9.17, 15) is 9.59 Å². The van der Waals surface area contributed by atoms with Crippen LogP contribution in [0, 0.1) is 11.3 Å². The van der Waals surface area contributed by atoms with Crippen molar-refractivity contribution >= 4 is 11.8 Å². The molecule has 0 bridgehead atoms. The number of carbonyl (C=O) groups excluding carboxylic acids is 2. The highest BCUT2D eigenvalue weighted by Crippen LogP contribution is 2.40. The fraction of sp³-hybridized carbons (Fsp3) is 0.619. The van der Waals surface area contributed by atoms with Crippen LogP contribution in [0.15, 0.2) is 24.3 Å². The largest absolute Gasteiger partial charge is 0.352 e. The molecule has 0 saturated heterocycles. The van der Waals surface area contributed by atoms with Gasteiger partial charge in [0.15, 0.2) is 0 Å². The number of rotatable bonds is 6. The van der Waals surface area contributed by atoms with Crippen molar-refractivity contribution in [3.63, 3.8) is 0 Å². The van der Waals surface area contributed by atoms with Crippen LogP contribution < -0.4 is 10.6 Å². The highest BCUT2D eigenvalue weighted by molar-refractivity contribution is 5.94. The standard InChI is InChI=1S/C21H32N2O2/c1-5-21(3,4)18-10-12-19(13-11-18)23-20(25)17-8-6-16(7-9-17)14-22-15(2)24/h6-9,18-19H,5,10-14H2,1-4H3,(H,22,24)(H,23,25). The van der Waals surface area contributed by atoms with E-state index in [4.69, 9.17) is 0 Å². The third-order valence-electron chi connectivity index (χ3n) is 5.84. The first-order valence-electron chi connectivity index (χ1n) is 9.46.